The zero-order valence-electron chi connectivity index (χ0n) is 14.8. The number of para-hydroxylation sites is 1. The van der Waals surface area contributed by atoms with Gasteiger partial charge in [-0.25, -0.2) is 9.67 Å². The Kier molecular flexibility index (Phi) is 3.95. The van der Waals surface area contributed by atoms with Gasteiger partial charge >= 0.3 is 0 Å². The molecule has 0 radical (unpaired) electrons. The van der Waals surface area contributed by atoms with E-state index in [-0.39, 0.29) is 11.5 Å². The van der Waals surface area contributed by atoms with E-state index < -0.39 is 0 Å². The first-order valence-corrected chi connectivity index (χ1v) is 9.82. The number of aromatic amines is 1. The molecule has 3 aromatic heterocycles. The Balaban J connectivity index is 1.66. The number of amides is 1. The number of fused-ring (bicyclic) bond motifs is 3. The van der Waals surface area contributed by atoms with E-state index in [0.29, 0.717) is 29.2 Å². The number of rotatable bonds is 2. The standard InChI is InChI=1S/C21H16N4O2S/c26-20-16-10-12-24(21(27)17-9-5-13-28-17)19-15(8-4-11-22-19)18(16)23-25(20)14-6-2-1-3-7-14/h1-9,11,13,23H,10,12H2. The summed E-state index contributed by atoms with van der Waals surface area (Å²) in [6.45, 7) is 0.398. The van der Waals surface area contributed by atoms with Gasteiger partial charge in [-0.1, -0.05) is 24.3 Å². The molecule has 0 spiro atoms. The number of carbonyl (C=O) groups is 1. The number of aromatic nitrogens is 3. The molecule has 0 saturated heterocycles. The van der Waals surface area contributed by atoms with Crippen LogP contribution in [0.5, 0.6) is 0 Å². The lowest BCUT2D eigenvalue weighted by Crippen LogP contribution is -2.33. The van der Waals surface area contributed by atoms with Crippen molar-refractivity contribution in [1.29, 1.82) is 0 Å². The van der Waals surface area contributed by atoms with Crippen LogP contribution in [0.15, 0.2) is 71.0 Å². The number of anilines is 1. The van der Waals surface area contributed by atoms with Gasteiger partial charge in [0.1, 0.15) is 5.82 Å². The smallest absolute Gasteiger partial charge is 0.275 e. The quantitative estimate of drug-likeness (QED) is 0.571. The third-order valence-corrected chi connectivity index (χ3v) is 5.73. The van der Waals surface area contributed by atoms with Crippen LogP contribution in [-0.4, -0.2) is 27.2 Å². The largest absolute Gasteiger partial charge is 0.291 e. The number of nitrogens with zero attached hydrogens (tertiary/aromatic N) is 3. The molecular formula is C21H16N4O2S. The Morgan fingerprint density at radius 1 is 1.07 bits per heavy atom. The molecule has 1 N–H and O–H groups in total. The van der Waals surface area contributed by atoms with Gasteiger partial charge in [-0.05, 0) is 42.1 Å². The van der Waals surface area contributed by atoms with Gasteiger partial charge < -0.3 is 0 Å². The number of nitrogens with one attached hydrogen (secondary N) is 1. The van der Waals surface area contributed by atoms with Gasteiger partial charge in [-0.3, -0.25) is 19.6 Å². The number of carbonyl (C=O) groups excluding carboxylic acids is 1. The van der Waals surface area contributed by atoms with Crippen molar-refractivity contribution in [1.82, 2.24) is 14.8 Å². The molecule has 0 atom stereocenters. The highest BCUT2D eigenvalue weighted by molar-refractivity contribution is 7.12. The summed E-state index contributed by atoms with van der Waals surface area (Å²) in [5.41, 5.74) is 2.82. The van der Waals surface area contributed by atoms with Crippen LogP contribution in [0.2, 0.25) is 0 Å². The Morgan fingerprint density at radius 2 is 1.93 bits per heavy atom. The summed E-state index contributed by atoms with van der Waals surface area (Å²) in [4.78, 5) is 32.9. The molecule has 4 aromatic rings. The van der Waals surface area contributed by atoms with Crippen molar-refractivity contribution in [3.05, 3.63) is 87.0 Å². The van der Waals surface area contributed by atoms with E-state index in [1.165, 1.54) is 11.3 Å². The van der Waals surface area contributed by atoms with E-state index in [9.17, 15) is 9.59 Å². The third-order valence-electron chi connectivity index (χ3n) is 4.88. The van der Waals surface area contributed by atoms with Crippen molar-refractivity contribution in [2.45, 2.75) is 6.42 Å². The van der Waals surface area contributed by atoms with Crippen LogP contribution >= 0.6 is 11.3 Å². The lowest BCUT2D eigenvalue weighted by atomic mass is 10.1. The zero-order valence-corrected chi connectivity index (χ0v) is 15.6. The van der Waals surface area contributed by atoms with Gasteiger partial charge in [-0.15, -0.1) is 11.3 Å². The number of hydrogen-bond acceptors (Lipinski definition) is 4. The van der Waals surface area contributed by atoms with Crippen LogP contribution in [0, 0.1) is 0 Å². The Labute approximate surface area is 164 Å². The molecule has 6 nitrogen and oxygen atoms in total. The number of thiophene rings is 1. The van der Waals surface area contributed by atoms with E-state index in [4.69, 9.17) is 0 Å². The van der Waals surface area contributed by atoms with Gasteiger partial charge in [0.25, 0.3) is 11.5 Å². The van der Waals surface area contributed by atoms with Gasteiger partial charge in [0.15, 0.2) is 0 Å². The fourth-order valence-electron chi connectivity index (χ4n) is 3.55. The normalized spacial score (nSPS) is 12.9. The fourth-order valence-corrected chi connectivity index (χ4v) is 4.23. The lowest BCUT2D eigenvalue weighted by Gasteiger charge is -2.21. The molecule has 5 rings (SSSR count). The summed E-state index contributed by atoms with van der Waals surface area (Å²) in [7, 11) is 0. The van der Waals surface area contributed by atoms with Crippen molar-refractivity contribution in [3.63, 3.8) is 0 Å². The SMILES string of the molecule is O=C(c1cccs1)N1CCc2c([nH]n(-c3ccccc3)c2=O)-c2cccnc21. The van der Waals surface area contributed by atoms with Gasteiger partial charge in [0.05, 0.1) is 16.3 Å². The maximum atomic E-state index is 13.1. The third kappa shape index (κ3) is 2.59. The van der Waals surface area contributed by atoms with Gasteiger partial charge in [0, 0.05) is 23.9 Å². The Morgan fingerprint density at radius 3 is 2.71 bits per heavy atom. The van der Waals surface area contributed by atoms with Crippen LogP contribution < -0.4 is 10.5 Å². The van der Waals surface area contributed by atoms with Crippen LogP contribution in [0.1, 0.15) is 15.2 Å². The highest BCUT2D eigenvalue weighted by Gasteiger charge is 2.29. The van der Waals surface area contributed by atoms with E-state index in [1.807, 2.05) is 60.0 Å². The molecule has 0 fully saturated rings. The van der Waals surface area contributed by atoms with Crippen molar-refractivity contribution in [3.8, 4) is 16.9 Å². The maximum absolute atomic E-state index is 13.1. The number of hydrogen-bond donors (Lipinski definition) is 1. The van der Waals surface area contributed by atoms with Crippen molar-refractivity contribution in [2.75, 3.05) is 11.4 Å². The highest BCUT2D eigenvalue weighted by atomic mass is 32.1. The molecule has 4 heterocycles. The van der Waals surface area contributed by atoms with E-state index >= 15 is 0 Å². The first-order valence-electron chi connectivity index (χ1n) is 8.94. The molecule has 28 heavy (non-hydrogen) atoms. The second-order valence-electron chi connectivity index (χ2n) is 6.50. The topological polar surface area (TPSA) is 71.0 Å². The van der Waals surface area contributed by atoms with Crippen LogP contribution in [0.3, 0.4) is 0 Å². The second-order valence-corrected chi connectivity index (χ2v) is 7.45. The fraction of sp³-hybridized carbons (Fsp3) is 0.0952. The summed E-state index contributed by atoms with van der Waals surface area (Å²) >= 11 is 1.40. The minimum Gasteiger partial charge on any atom is -0.291 e. The molecule has 0 unspecified atom stereocenters. The first-order chi connectivity index (χ1) is 13.7. The predicted molar refractivity (Wildman–Crippen MR) is 109 cm³/mol. The lowest BCUT2D eigenvalue weighted by molar-refractivity contribution is 0.0990. The summed E-state index contributed by atoms with van der Waals surface area (Å²) in [5.74, 6) is 0.476. The highest BCUT2D eigenvalue weighted by Crippen LogP contribution is 2.33. The van der Waals surface area contributed by atoms with Crippen LogP contribution in [0.4, 0.5) is 5.82 Å². The van der Waals surface area contributed by atoms with E-state index in [1.54, 1.807) is 15.8 Å². The molecule has 0 aliphatic carbocycles. The molecule has 138 valence electrons. The summed E-state index contributed by atoms with van der Waals surface area (Å²) in [6.07, 6.45) is 2.13. The van der Waals surface area contributed by atoms with E-state index in [2.05, 4.69) is 10.1 Å². The predicted octanol–water partition coefficient (Wildman–Crippen LogP) is 3.49. The Hall–Kier alpha value is -3.45. The van der Waals surface area contributed by atoms with Crippen LogP contribution in [-0.2, 0) is 6.42 Å². The van der Waals surface area contributed by atoms with E-state index in [0.717, 1.165) is 16.9 Å². The van der Waals surface area contributed by atoms with Gasteiger partial charge in [0.2, 0.25) is 0 Å². The minimum absolute atomic E-state index is 0.0940. The molecule has 0 saturated carbocycles. The summed E-state index contributed by atoms with van der Waals surface area (Å²) in [5, 5.41) is 5.12. The second kappa shape index (κ2) is 6.61. The van der Waals surface area contributed by atoms with Crippen molar-refractivity contribution in [2.24, 2.45) is 0 Å². The molecule has 1 aliphatic rings. The first kappa shape index (κ1) is 16.7. The molecule has 1 aliphatic heterocycles. The minimum atomic E-state index is -0.0959. The summed E-state index contributed by atoms with van der Waals surface area (Å²) < 4.78 is 1.55. The number of pyridine rings is 1. The monoisotopic (exact) mass is 388 g/mol. The van der Waals surface area contributed by atoms with Crippen LogP contribution in [0.25, 0.3) is 16.9 Å². The maximum Gasteiger partial charge on any atom is 0.275 e. The average Bonchev–Trinajstić information content (AvgIpc) is 3.34. The molecule has 1 amide bonds. The molecule has 0 bridgehead atoms. The van der Waals surface area contributed by atoms with Gasteiger partial charge in [-0.2, -0.15) is 0 Å². The Bertz CT molecular complexity index is 1210. The molecule has 1 aromatic carbocycles. The van der Waals surface area contributed by atoms with Crippen molar-refractivity contribution < 1.29 is 4.79 Å². The number of H-pyrrole nitrogens is 1. The molecular weight excluding hydrogens is 372 g/mol. The number of benzene rings is 1. The molecule has 7 heteroatoms. The summed E-state index contributed by atoms with van der Waals surface area (Å²) in [6, 6.07) is 16.8. The average molecular weight is 388 g/mol. The zero-order chi connectivity index (χ0) is 19.1. The van der Waals surface area contributed by atoms with Crippen molar-refractivity contribution >= 4 is 23.1 Å².